The standard InChI is InChI=1S/C29H35N3O2S/c1-3-21(2)22-13-15-25(16-14-22)32(27(33)19-26-12-8-18-35-26)28(23-9-7-17-30-20-23)29(34)31-24-10-5-4-6-11-24/h7-9,12-18,20-21,24,28H,3-6,10-11,19H2,1-2H3,(H,31,34)/t21-,28-/m1/s1. The highest BCUT2D eigenvalue weighted by molar-refractivity contribution is 7.10. The van der Waals surface area contributed by atoms with Crippen LogP contribution >= 0.6 is 11.3 Å². The Kier molecular flexibility index (Phi) is 8.69. The van der Waals surface area contributed by atoms with Crippen LogP contribution < -0.4 is 10.2 Å². The molecule has 0 bridgehead atoms. The summed E-state index contributed by atoms with van der Waals surface area (Å²) < 4.78 is 0. The zero-order valence-corrected chi connectivity index (χ0v) is 21.5. The number of pyridine rings is 1. The van der Waals surface area contributed by atoms with E-state index < -0.39 is 6.04 Å². The zero-order chi connectivity index (χ0) is 24.6. The summed E-state index contributed by atoms with van der Waals surface area (Å²) >= 11 is 1.56. The van der Waals surface area contributed by atoms with Crippen LogP contribution in [0.2, 0.25) is 0 Å². The van der Waals surface area contributed by atoms with E-state index in [0.29, 0.717) is 11.5 Å². The minimum atomic E-state index is -0.785. The summed E-state index contributed by atoms with van der Waals surface area (Å²) in [6, 6.07) is 15.1. The SMILES string of the molecule is CC[C@@H](C)c1ccc(N(C(=O)Cc2cccs2)[C@@H](C(=O)NC2CCCCC2)c2cccnc2)cc1. The van der Waals surface area contributed by atoms with Crippen LogP contribution in [0.15, 0.2) is 66.3 Å². The van der Waals surface area contributed by atoms with Crippen LogP contribution in [0.25, 0.3) is 0 Å². The Morgan fingerprint density at radius 2 is 1.83 bits per heavy atom. The first-order chi connectivity index (χ1) is 17.1. The second-order valence-corrected chi connectivity index (χ2v) is 10.5. The van der Waals surface area contributed by atoms with Gasteiger partial charge in [-0.3, -0.25) is 19.5 Å². The van der Waals surface area contributed by atoms with Crippen molar-refractivity contribution >= 4 is 28.8 Å². The maximum Gasteiger partial charge on any atom is 0.248 e. The van der Waals surface area contributed by atoms with Crippen LogP contribution in [-0.4, -0.2) is 22.8 Å². The molecule has 0 radical (unpaired) electrons. The molecule has 4 rings (SSSR count). The van der Waals surface area contributed by atoms with Gasteiger partial charge in [0.25, 0.3) is 0 Å². The second-order valence-electron chi connectivity index (χ2n) is 9.45. The molecule has 2 amide bonds. The van der Waals surface area contributed by atoms with Crippen molar-refractivity contribution in [2.75, 3.05) is 4.90 Å². The summed E-state index contributed by atoms with van der Waals surface area (Å²) in [5.41, 5.74) is 2.67. The van der Waals surface area contributed by atoms with Gasteiger partial charge in [-0.05, 0) is 60.4 Å². The average Bonchev–Trinajstić information content (AvgIpc) is 3.41. The number of hydrogen-bond donors (Lipinski definition) is 1. The van der Waals surface area contributed by atoms with Crippen LogP contribution in [0, 0.1) is 0 Å². The monoisotopic (exact) mass is 489 g/mol. The quantitative estimate of drug-likeness (QED) is 0.377. The highest BCUT2D eigenvalue weighted by Crippen LogP contribution is 2.31. The lowest BCUT2D eigenvalue weighted by Crippen LogP contribution is -2.47. The number of nitrogens with zero attached hydrogens (tertiary/aromatic N) is 2. The number of anilines is 1. The molecule has 6 heteroatoms. The number of nitrogens with one attached hydrogen (secondary N) is 1. The van der Waals surface area contributed by atoms with Crippen molar-refractivity contribution in [1.29, 1.82) is 0 Å². The molecule has 1 aromatic carbocycles. The molecule has 35 heavy (non-hydrogen) atoms. The predicted molar refractivity (Wildman–Crippen MR) is 143 cm³/mol. The molecule has 184 valence electrons. The van der Waals surface area contributed by atoms with Gasteiger partial charge in [-0.25, -0.2) is 0 Å². The van der Waals surface area contributed by atoms with Gasteiger partial charge in [-0.2, -0.15) is 0 Å². The van der Waals surface area contributed by atoms with E-state index in [9.17, 15) is 9.59 Å². The summed E-state index contributed by atoms with van der Waals surface area (Å²) in [5, 5.41) is 5.24. The lowest BCUT2D eigenvalue weighted by Gasteiger charge is -2.33. The minimum Gasteiger partial charge on any atom is -0.351 e. The maximum absolute atomic E-state index is 13.8. The van der Waals surface area contributed by atoms with Crippen molar-refractivity contribution in [3.8, 4) is 0 Å². The third-order valence-corrected chi connectivity index (χ3v) is 7.86. The Labute approximate surface area is 212 Å². The van der Waals surface area contributed by atoms with E-state index in [2.05, 4.69) is 36.3 Å². The third kappa shape index (κ3) is 6.37. The number of rotatable bonds is 9. The largest absolute Gasteiger partial charge is 0.351 e. The summed E-state index contributed by atoms with van der Waals surface area (Å²) in [7, 11) is 0. The lowest BCUT2D eigenvalue weighted by atomic mass is 9.94. The van der Waals surface area contributed by atoms with Crippen LogP contribution in [-0.2, 0) is 16.0 Å². The van der Waals surface area contributed by atoms with Crippen molar-refractivity contribution in [1.82, 2.24) is 10.3 Å². The second kappa shape index (κ2) is 12.1. The van der Waals surface area contributed by atoms with E-state index in [0.717, 1.165) is 42.7 Å². The molecular weight excluding hydrogens is 454 g/mol. The molecule has 2 aromatic heterocycles. The molecule has 5 nitrogen and oxygen atoms in total. The van der Waals surface area contributed by atoms with Crippen molar-refractivity contribution in [2.45, 2.75) is 76.8 Å². The number of aromatic nitrogens is 1. The third-order valence-electron chi connectivity index (χ3n) is 6.99. The zero-order valence-electron chi connectivity index (χ0n) is 20.7. The van der Waals surface area contributed by atoms with Gasteiger partial charge in [0.2, 0.25) is 11.8 Å². The highest BCUT2D eigenvalue weighted by Gasteiger charge is 2.34. The van der Waals surface area contributed by atoms with Crippen LogP contribution in [0.3, 0.4) is 0 Å². The van der Waals surface area contributed by atoms with E-state index in [1.54, 1.807) is 28.6 Å². The van der Waals surface area contributed by atoms with Gasteiger partial charge in [-0.15, -0.1) is 11.3 Å². The highest BCUT2D eigenvalue weighted by atomic mass is 32.1. The smallest absolute Gasteiger partial charge is 0.248 e. The fourth-order valence-corrected chi connectivity index (χ4v) is 5.46. The van der Waals surface area contributed by atoms with Crippen LogP contribution in [0.5, 0.6) is 0 Å². The molecule has 0 saturated heterocycles. The number of hydrogen-bond acceptors (Lipinski definition) is 4. The Hall–Kier alpha value is -2.99. The van der Waals surface area contributed by atoms with E-state index in [4.69, 9.17) is 0 Å². The number of benzene rings is 1. The Bertz CT molecular complexity index is 1080. The normalized spacial score (nSPS) is 15.8. The summed E-state index contributed by atoms with van der Waals surface area (Å²) in [4.78, 5) is 34.6. The lowest BCUT2D eigenvalue weighted by molar-refractivity contribution is -0.127. The average molecular weight is 490 g/mol. The minimum absolute atomic E-state index is 0.101. The van der Waals surface area contributed by atoms with Gasteiger partial charge in [0.1, 0.15) is 6.04 Å². The molecule has 0 spiro atoms. The molecule has 1 aliphatic rings. The fraction of sp³-hybridized carbons (Fsp3) is 0.414. The fourth-order valence-electron chi connectivity index (χ4n) is 4.77. The Morgan fingerprint density at radius 1 is 1.06 bits per heavy atom. The molecule has 1 aliphatic carbocycles. The molecule has 0 aliphatic heterocycles. The summed E-state index contributed by atoms with van der Waals surface area (Å²) in [5.74, 6) is 0.190. The van der Waals surface area contributed by atoms with E-state index in [1.807, 2.05) is 41.8 Å². The molecule has 2 atom stereocenters. The first kappa shape index (κ1) is 25.1. The summed E-state index contributed by atoms with van der Waals surface area (Å²) in [6.45, 7) is 4.37. The van der Waals surface area contributed by atoms with Gasteiger partial charge in [-0.1, -0.05) is 57.4 Å². The predicted octanol–water partition coefficient (Wildman–Crippen LogP) is 6.42. The van der Waals surface area contributed by atoms with Crippen molar-refractivity contribution in [3.05, 3.63) is 82.3 Å². The number of thiophene rings is 1. The molecule has 2 heterocycles. The van der Waals surface area contributed by atoms with E-state index in [-0.39, 0.29) is 24.3 Å². The van der Waals surface area contributed by atoms with Gasteiger partial charge in [0.15, 0.2) is 0 Å². The van der Waals surface area contributed by atoms with Gasteiger partial charge >= 0.3 is 0 Å². The van der Waals surface area contributed by atoms with Gasteiger partial charge in [0, 0.05) is 34.6 Å². The molecular formula is C29H35N3O2S. The van der Waals surface area contributed by atoms with Gasteiger partial charge in [0.05, 0.1) is 6.42 Å². The molecule has 0 unspecified atom stereocenters. The number of amides is 2. The van der Waals surface area contributed by atoms with Crippen LogP contribution in [0.4, 0.5) is 5.69 Å². The first-order valence-corrected chi connectivity index (χ1v) is 13.6. The molecule has 1 fully saturated rings. The van der Waals surface area contributed by atoms with Gasteiger partial charge < -0.3 is 5.32 Å². The van der Waals surface area contributed by atoms with Crippen LogP contribution in [0.1, 0.15) is 80.3 Å². The number of carbonyl (C=O) groups is 2. The maximum atomic E-state index is 13.8. The number of carbonyl (C=O) groups excluding carboxylic acids is 2. The first-order valence-electron chi connectivity index (χ1n) is 12.7. The van der Waals surface area contributed by atoms with Crippen molar-refractivity contribution < 1.29 is 9.59 Å². The topological polar surface area (TPSA) is 62.3 Å². The summed E-state index contributed by atoms with van der Waals surface area (Å²) in [6.07, 6.45) is 10.1. The van der Waals surface area contributed by atoms with E-state index >= 15 is 0 Å². The molecule has 1 saturated carbocycles. The van der Waals surface area contributed by atoms with E-state index in [1.165, 1.54) is 12.0 Å². The molecule has 1 N–H and O–H groups in total. The Balaban J connectivity index is 1.72. The Morgan fingerprint density at radius 3 is 2.46 bits per heavy atom. The van der Waals surface area contributed by atoms with Crippen molar-refractivity contribution in [3.63, 3.8) is 0 Å². The molecule has 3 aromatic rings. The van der Waals surface area contributed by atoms with Crippen molar-refractivity contribution in [2.24, 2.45) is 0 Å².